The Hall–Kier alpha value is -4.51. The molecule has 2 aromatic carbocycles. The van der Waals surface area contributed by atoms with E-state index in [1.54, 1.807) is 13.0 Å². The predicted molar refractivity (Wildman–Crippen MR) is 155 cm³/mol. The average Bonchev–Trinajstić information content (AvgIpc) is 3.46. The molecule has 1 aromatic heterocycles. The fourth-order valence-electron chi connectivity index (χ4n) is 4.14. The maximum atomic E-state index is 12.8. The highest BCUT2D eigenvalue weighted by Gasteiger charge is 2.25. The Bertz CT molecular complexity index is 1330. The molecule has 0 bridgehead atoms. The molecule has 3 rings (SSSR count). The number of halogens is 1. The molecule has 0 radical (unpaired) electrons. The van der Waals surface area contributed by atoms with Gasteiger partial charge in [-0.1, -0.05) is 60.1 Å². The standard InChI is InChI=1S/C29H32ClN3O6.CH2O2/c1-2-19(29(31)37)16-27(35)25(7-4-14-38-18-34)32-28(36)13-12-24-17-26(33-39-24)21-10-8-20(9-11-21)22-5-3-6-23(30)15-22;2-1-3/h3,5-6,8-11,15,17-19,25H,2,4,7,12-14,16H2,1H3,(H2,31,37)(H,32,36);1H,(H,2,3)/t19-,25+;/m1./s1. The van der Waals surface area contributed by atoms with Crippen LogP contribution in [0.25, 0.3) is 22.4 Å². The van der Waals surface area contributed by atoms with Crippen LogP contribution in [-0.4, -0.2) is 53.5 Å². The Morgan fingerprint density at radius 3 is 2.40 bits per heavy atom. The molecule has 0 fully saturated rings. The molecule has 12 heteroatoms. The minimum atomic E-state index is -0.815. The fraction of sp³-hybridized carbons (Fsp3) is 0.333. The molecule has 0 aliphatic carbocycles. The second-order valence-electron chi connectivity index (χ2n) is 9.28. The van der Waals surface area contributed by atoms with Crippen LogP contribution in [0.5, 0.6) is 0 Å². The first kappa shape index (κ1) is 33.7. The van der Waals surface area contributed by atoms with Crippen LogP contribution in [0.2, 0.25) is 5.02 Å². The van der Waals surface area contributed by atoms with E-state index in [9.17, 15) is 19.2 Å². The third-order valence-corrected chi connectivity index (χ3v) is 6.62. The number of carboxylic acid groups (broad SMARTS) is 1. The molecule has 11 nitrogen and oxygen atoms in total. The molecule has 0 saturated carbocycles. The van der Waals surface area contributed by atoms with Gasteiger partial charge in [0.05, 0.1) is 12.6 Å². The second kappa shape index (κ2) is 18.0. The summed E-state index contributed by atoms with van der Waals surface area (Å²) in [4.78, 5) is 55.8. The monoisotopic (exact) mass is 599 g/mol. The summed E-state index contributed by atoms with van der Waals surface area (Å²) in [5, 5.41) is 14.4. The lowest BCUT2D eigenvalue weighted by Crippen LogP contribution is -2.42. The molecule has 42 heavy (non-hydrogen) atoms. The van der Waals surface area contributed by atoms with Crippen LogP contribution >= 0.6 is 11.6 Å². The van der Waals surface area contributed by atoms with Gasteiger partial charge in [0.25, 0.3) is 12.9 Å². The smallest absolute Gasteiger partial charge is 0.293 e. The van der Waals surface area contributed by atoms with Crippen LogP contribution in [0.1, 0.15) is 44.8 Å². The van der Waals surface area contributed by atoms with Crippen molar-refractivity contribution in [3.05, 3.63) is 65.4 Å². The van der Waals surface area contributed by atoms with Gasteiger partial charge in [-0.3, -0.25) is 24.0 Å². The van der Waals surface area contributed by atoms with Crippen molar-refractivity contribution < 1.29 is 38.3 Å². The quantitative estimate of drug-likeness (QED) is 0.161. The van der Waals surface area contributed by atoms with E-state index in [1.165, 1.54) is 0 Å². The Balaban J connectivity index is 0.00000197. The highest BCUT2D eigenvalue weighted by molar-refractivity contribution is 6.30. The molecule has 3 aromatic rings. The second-order valence-corrected chi connectivity index (χ2v) is 9.72. The molecular weight excluding hydrogens is 566 g/mol. The summed E-state index contributed by atoms with van der Waals surface area (Å²) in [5.74, 6) is -1.26. The number of aromatic nitrogens is 1. The van der Waals surface area contributed by atoms with Crippen molar-refractivity contribution >= 4 is 42.1 Å². The number of benzene rings is 2. The van der Waals surface area contributed by atoms with E-state index in [0.717, 1.165) is 16.7 Å². The van der Waals surface area contributed by atoms with Gasteiger partial charge in [-0.15, -0.1) is 0 Å². The van der Waals surface area contributed by atoms with E-state index in [2.05, 4.69) is 15.2 Å². The maximum Gasteiger partial charge on any atom is 0.293 e. The van der Waals surface area contributed by atoms with Crippen LogP contribution in [0, 0.1) is 5.92 Å². The van der Waals surface area contributed by atoms with Crippen molar-refractivity contribution in [1.29, 1.82) is 0 Å². The van der Waals surface area contributed by atoms with Crippen LogP contribution in [0.3, 0.4) is 0 Å². The normalized spacial score (nSPS) is 11.8. The van der Waals surface area contributed by atoms with Crippen molar-refractivity contribution in [2.45, 2.75) is 51.5 Å². The fourth-order valence-corrected chi connectivity index (χ4v) is 4.33. The zero-order chi connectivity index (χ0) is 30.9. The summed E-state index contributed by atoms with van der Waals surface area (Å²) in [6.45, 7) is 1.97. The Labute approximate surface area is 248 Å². The number of hydrogen-bond donors (Lipinski definition) is 3. The van der Waals surface area contributed by atoms with Gasteiger partial charge in [0.15, 0.2) is 5.78 Å². The van der Waals surface area contributed by atoms with Crippen LogP contribution in [-0.2, 0) is 35.1 Å². The topological polar surface area (TPSA) is 179 Å². The van der Waals surface area contributed by atoms with E-state index < -0.39 is 17.9 Å². The SMILES string of the molecule is CC[C@H](CC(=O)[C@H](CCCOC=O)NC(=O)CCc1cc(-c2ccc(-c3cccc(Cl)c3)cc2)no1)C(N)=O.O=CO. The van der Waals surface area contributed by atoms with E-state index in [0.29, 0.717) is 35.8 Å². The van der Waals surface area contributed by atoms with Gasteiger partial charge >= 0.3 is 0 Å². The van der Waals surface area contributed by atoms with Crippen molar-refractivity contribution in [3.63, 3.8) is 0 Å². The highest BCUT2D eigenvalue weighted by atomic mass is 35.5. The number of ether oxygens (including phenoxy) is 1. The van der Waals surface area contributed by atoms with E-state index in [1.807, 2.05) is 48.5 Å². The number of aryl methyl sites for hydroxylation is 1. The molecular formula is C30H34ClN3O8. The summed E-state index contributed by atoms with van der Waals surface area (Å²) < 4.78 is 10.1. The van der Waals surface area contributed by atoms with E-state index >= 15 is 0 Å². The maximum absolute atomic E-state index is 12.8. The molecule has 0 aliphatic rings. The number of primary amides is 1. The molecule has 224 valence electrons. The highest BCUT2D eigenvalue weighted by Crippen LogP contribution is 2.26. The zero-order valence-corrected chi connectivity index (χ0v) is 23.9. The third-order valence-electron chi connectivity index (χ3n) is 6.39. The predicted octanol–water partition coefficient (Wildman–Crippen LogP) is 4.20. The number of nitrogens with zero attached hydrogens (tertiary/aromatic N) is 1. The van der Waals surface area contributed by atoms with Crippen LogP contribution in [0.15, 0.2) is 59.1 Å². The molecule has 2 amide bonds. The number of carbonyl (C=O) groups excluding carboxylic acids is 4. The number of Topliss-reactive ketones (excluding diaryl/α,β-unsaturated/α-hetero) is 1. The van der Waals surface area contributed by atoms with E-state index in [4.69, 9.17) is 31.8 Å². The van der Waals surface area contributed by atoms with Gasteiger partial charge in [-0.05, 0) is 42.5 Å². The van der Waals surface area contributed by atoms with Gasteiger partial charge in [-0.2, -0.15) is 0 Å². The number of ketones is 1. The van der Waals surface area contributed by atoms with Gasteiger partial charge in [-0.25, -0.2) is 0 Å². The van der Waals surface area contributed by atoms with Crippen molar-refractivity contribution in [2.75, 3.05) is 6.61 Å². The lowest BCUT2D eigenvalue weighted by molar-refractivity contribution is -0.131. The molecule has 0 unspecified atom stereocenters. The number of nitrogens with one attached hydrogen (secondary N) is 1. The lowest BCUT2D eigenvalue weighted by Gasteiger charge is -2.19. The zero-order valence-electron chi connectivity index (χ0n) is 23.2. The lowest BCUT2D eigenvalue weighted by atomic mass is 9.93. The summed E-state index contributed by atoms with van der Waals surface area (Å²) >= 11 is 6.09. The first-order valence-electron chi connectivity index (χ1n) is 13.3. The molecule has 1 heterocycles. The van der Waals surface area contributed by atoms with Crippen molar-refractivity contribution in [3.8, 4) is 22.4 Å². The summed E-state index contributed by atoms with van der Waals surface area (Å²) in [6, 6.07) is 16.4. The average molecular weight is 600 g/mol. The Morgan fingerprint density at radius 1 is 1.10 bits per heavy atom. The van der Waals surface area contributed by atoms with Crippen molar-refractivity contribution in [2.24, 2.45) is 11.7 Å². The molecule has 4 N–H and O–H groups in total. The molecule has 0 spiro atoms. The number of carbonyl (C=O) groups is 5. The van der Waals surface area contributed by atoms with Gasteiger partial charge in [0, 0.05) is 41.8 Å². The van der Waals surface area contributed by atoms with E-state index in [-0.39, 0.29) is 50.5 Å². The Kier molecular flexibility index (Phi) is 14.5. The molecule has 0 saturated heterocycles. The summed E-state index contributed by atoms with van der Waals surface area (Å²) in [5.41, 5.74) is 8.91. The number of rotatable bonds is 16. The number of amides is 2. The third kappa shape index (κ3) is 11.2. The summed E-state index contributed by atoms with van der Waals surface area (Å²) in [7, 11) is 0. The first-order chi connectivity index (χ1) is 20.2. The van der Waals surface area contributed by atoms with Gasteiger partial charge < -0.3 is 25.4 Å². The van der Waals surface area contributed by atoms with Gasteiger partial charge in [0.1, 0.15) is 11.5 Å². The largest absolute Gasteiger partial charge is 0.483 e. The van der Waals surface area contributed by atoms with Crippen LogP contribution < -0.4 is 11.1 Å². The number of nitrogens with two attached hydrogens (primary N) is 1. The summed E-state index contributed by atoms with van der Waals surface area (Å²) in [6.07, 6.45) is 1.37. The minimum Gasteiger partial charge on any atom is -0.483 e. The minimum absolute atomic E-state index is 0.0626. The molecule has 2 atom stereocenters. The first-order valence-corrected chi connectivity index (χ1v) is 13.7. The molecule has 0 aliphatic heterocycles. The van der Waals surface area contributed by atoms with Gasteiger partial charge in [0.2, 0.25) is 11.8 Å². The number of hydrogen-bond acceptors (Lipinski definition) is 8. The Morgan fingerprint density at radius 2 is 1.79 bits per heavy atom. The van der Waals surface area contributed by atoms with Crippen LogP contribution in [0.4, 0.5) is 0 Å². The van der Waals surface area contributed by atoms with Crippen molar-refractivity contribution in [1.82, 2.24) is 10.5 Å².